The van der Waals surface area contributed by atoms with Gasteiger partial charge in [0.1, 0.15) is 0 Å². The number of halogens is 4. The maximum Gasteiger partial charge on any atom is 0.416 e. The Hall–Kier alpha value is -1.11. The second kappa shape index (κ2) is 14.0. The van der Waals surface area contributed by atoms with Crippen LogP contribution in [0.15, 0.2) is 29.3 Å². The van der Waals surface area contributed by atoms with Crippen molar-refractivity contribution in [3.63, 3.8) is 0 Å². The lowest BCUT2D eigenvalue weighted by Crippen LogP contribution is -2.44. The SMILES string of the molecule is CCNC(=NCCOCCOC)NC1CCN(Cc2ccc(C(F)(F)F)cc2)C1.I. The minimum absolute atomic E-state index is 0. The first-order valence-electron chi connectivity index (χ1n) is 9.92. The quantitative estimate of drug-likeness (QED) is 0.205. The number of guanidine groups is 1. The molecule has 6 nitrogen and oxygen atoms in total. The predicted octanol–water partition coefficient (Wildman–Crippen LogP) is 3.12. The molecule has 1 fully saturated rings. The molecule has 1 unspecified atom stereocenters. The molecule has 0 amide bonds. The standard InChI is InChI=1S/C20H31F3N4O2.HI/c1-3-24-19(25-9-11-29-13-12-28-2)26-18-8-10-27(15-18)14-16-4-6-17(7-5-16)20(21,22)23;/h4-7,18H,3,8-15H2,1-2H3,(H2,24,25,26);1H. The number of aliphatic imine (C=N–C) groups is 1. The number of benzene rings is 1. The normalized spacial score (nSPS) is 17.6. The van der Waals surface area contributed by atoms with Crippen molar-refractivity contribution >= 4 is 29.9 Å². The summed E-state index contributed by atoms with van der Waals surface area (Å²) < 4.78 is 48.4. The predicted molar refractivity (Wildman–Crippen MR) is 122 cm³/mol. The van der Waals surface area contributed by atoms with E-state index in [1.54, 1.807) is 19.2 Å². The van der Waals surface area contributed by atoms with E-state index in [4.69, 9.17) is 9.47 Å². The topological polar surface area (TPSA) is 58.1 Å². The van der Waals surface area contributed by atoms with Crippen LogP contribution in [-0.2, 0) is 22.2 Å². The summed E-state index contributed by atoms with van der Waals surface area (Å²) >= 11 is 0. The van der Waals surface area contributed by atoms with Crippen molar-refractivity contribution < 1.29 is 22.6 Å². The van der Waals surface area contributed by atoms with Crippen LogP contribution >= 0.6 is 24.0 Å². The third-order valence-electron chi connectivity index (χ3n) is 4.58. The summed E-state index contributed by atoms with van der Waals surface area (Å²) in [5, 5.41) is 6.66. The smallest absolute Gasteiger partial charge is 0.382 e. The molecule has 10 heteroatoms. The van der Waals surface area contributed by atoms with Crippen molar-refractivity contribution in [1.29, 1.82) is 0 Å². The highest BCUT2D eigenvalue weighted by Crippen LogP contribution is 2.29. The van der Waals surface area contributed by atoms with Crippen LogP contribution in [0.4, 0.5) is 13.2 Å². The first-order valence-corrected chi connectivity index (χ1v) is 9.92. The van der Waals surface area contributed by atoms with Gasteiger partial charge in [-0.2, -0.15) is 13.2 Å². The molecule has 1 atom stereocenters. The summed E-state index contributed by atoms with van der Waals surface area (Å²) in [6.45, 7) is 7.32. The third kappa shape index (κ3) is 9.80. The van der Waals surface area contributed by atoms with Crippen LogP contribution in [0.1, 0.15) is 24.5 Å². The number of nitrogens with one attached hydrogen (secondary N) is 2. The van der Waals surface area contributed by atoms with E-state index in [2.05, 4.69) is 20.5 Å². The lowest BCUT2D eigenvalue weighted by Gasteiger charge is -2.19. The largest absolute Gasteiger partial charge is 0.416 e. The fraction of sp³-hybridized carbons (Fsp3) is 0.650. The summed E-state index contributed by atoms with van der Waals surface area (Å²) in [6, 6.07) is 5.64. The summed E-state index contributed by atoms with van der Waals surface area (Å²) in [6.07, 6.45) is -3.34. The van der Waals surface area contributed by atoms with Crippen LogP contribution in [0.3, 0.4) is 0 Å². The van der Waals surface area contributed by atoms with Crippen LogP contribution in [0.2, 0.25) is 0 Å². The van der Waals surface area contributed by atoms with Crippen molar-refractivity contribution in [3.8, 4) is 0 Å². The van der Waals surface area contributed by atoms with Gasteiger partial charge in [0.15, 0.2) is 5.96 Å². The number of likely N-dealkylation sites (tertiary alicyclic amines) is 1. The molecule has 2 rings (SSSR count). The summed E-state index contributed by atoms with van der Waals surface area (Å²) in [7, 11) is 1.64. The number of rotatable bonds is 10. The Morgan fingerprint density at radius 2 is 1.93 bits per heavy atom. The van der Waals surface area contributed by atoms with Gasteiger partial charge in [-0.25, -0.2) is 0 Å². The molecule has 0 radical (unpaired) electrons. The van der Waals surface area contributed by atoms with E-state index in [-0.39, 0.29) is 30.0 Å². The molecule has 0 bridgehead atoms. The van der Waals surface area contributed by atoms with Gasteiger partial charge in [-0.15, -0.1) is 24.0 Å². The highest BCUT2D eigenvalue weighted by molar-refractivity contribution is 14.0. The van der Waals surface area contributed by atoms with Gasteiger partial charge in [0.05, 0.1) is 31.9 Å². The van der Waals surface area contributed by atoms with Crippen LogP contribution in [0.5, 0.6) is 0 Å². The molecule has 2 N–H and O–H groups in total. The van der Waals surface area contributed by atoms with Crippen molar-refractivity contribution in [3.05, 3.63) is 35.4 Å². The van der Waals surface area contributed by atoms with E-state index in [9.17, 15) is 13.2 Å². The van der Waals surface area contributed by atoms with Crippen molar-refractivity contribution in [2.24, 2.45) is 4.99 Å². The second-order valence-electron chi connectivity index (χ2n) is 6.93. The van der Waals surface area contributed by atoms with E-state index in [1.807, 2.05) is 6.92 Å². The summed E-state index contributed by atoms with van der Waals surface area (Å²) in [5.41, 5.74) is 0.271. The van der Waals surface area contributed by atoms with Gasteiger partial charge < -0.3 is 20.1 Å². The van der Waals surface area contributed by atoms with E-state index < -0.39 is 11.7 Å². The fourth-order valence-electron chi connectivity index (χ4n) is 3.13. The Bertz CT molecular complexity index is 629. The fourth-order valence-corrected chi connectivity index (χ4v) is 3.13. The van der Waals surface area contributed by atoms with Crippen LogP contribution < -0.4 is 10.6 Å². The number of ether oxygens (including phenoxy) is 2. The van der Waals surface area contributed by atoms with Gasteiger partial charge >= 0.3 is 6.18 Å². The van der Waals surface area contributed by atoms with Crippen molar-refractivity contribution in [2.75, 3.05) is 53.1 Å². The van der Waals surface area contributed by atoms with E-state index in [0.29, 0.717) is 32.9 Å². The molecule has 30 heavy (non-hydrogen) atoms. The summed E-state index contributed by atoms with van der Waals surface area (Å²) in [5.74, 6) is 0.754. The molecule has 0 saturated carbocycles. The Morgan fingerprint density at radius 3 is 2.57 bits per heavy atom. The molecule has 172 valence electrons. The molecule has 0 aliphatic carbocycles. The molecule has 1 saturated heterocycles. The van der Waals surface area contributed by atoms with Crippen LogP contribution in [0.25, 0.3) is 0 Å². The maximum absolute atomic E-state index is 12.7. The minimum atomic E-state index is -4.29. The molecule has 1 aliphatic heterocycles. The van der Waals surface area contributed by atoms with E-state index in [1.165, 1.54) is 0 Å². The number of methoxy groups -OCH3 is 1. The molecule has 1 aromatic rings. The van der Waals surface area contributed by atoms with Gasteiger partial charge in [-0.05, 0) is 31.0 Å². The number of hydrogen-bond acceptors (Lipinski definition) is 4. The van der Waals surface area contributed by atoms with Gasteiger partial charge in [0.25, 0.3) is 0 Å². The van der Waals surface area contributed by atoms with Crippen LogP contribution in [-0.4, -0.2) is 70.0 Å². The monoisotopic (exact) mass is 544 g/mol. The lowest BCUT2D eigenvalue weighted by molar-refractivity contribution is -0.137. The Kier molecular flexibility index (Phi) is 12.6. The molecule has 0 spiro atoms. The number of nitrogens with zero attached hydrogens (tertiary/aromatic N) is 2. The van der Waals surface area contributed by atoms with E-state index >= 15 is 0 Å². The van der Waals surface area contributed by atoms with Gasteiger partial charge in [0, 0.05) is 39.3 Å². The van der Waals surface area contributed by atoms with Gasteiger partial charge in [-0.1, -0.05) is 12.1 Å². The minimum Gasteiger partial charge on any atom is -0.382 e. The average Bonchev–Trinajstić information content (AvgIpc) is 3.11. The van der Waals surface area contributed by atoms with Gasteiger partial charge in [0.2, 0.25) is 0 Å². The zero-order valence-electron chi connectivity index (χ0n) is 17.5. The Labute approximate surface area is 193 Å². The second-order valence-corrected chi connectivity index (χ2v) is 6.93. The molecule has 1 heterocycles. The van der Waals surface area contributed by atoms with Crippen molar-refractivity contribution in [2.45, 2.75) is 32.1 Å². The molecule has 1 aromatic carbocycles. The highest BCUT2D eigenvalue weighted by Gasteiger charge is 2.30. The number of hydrogen-bond donors (Lipinski definition) is 2. The van der Waals surface area contributed by atoms with E-state index in [0.717, 1.165) is 49.7 Å². The molecule has 0 aromatic heterocycles. The first-order chi connectivity index (χ1) is 13.9. The highest BCUT2D eigenvalue weighted by atomic mass is 127. The molecular formula is C20H32F3IN4O2. The Balaban J connectivity index is 0.00000450. The summed E-state index contributed by atoms with van der Waals surface area (Å²) in [4.78, 5) is 6.75. The van der Waals surface area contributed by atoms with Gasteiger partial charge in [-0.3, -0.25) is 9.89 Å². The molecular weight excluding hydrogens is 512 g/mol. The Morgan fingerprint density at radius 1 is 1.20 bits per heavy atom. The third-order valence-corrected chi connectivity index (χ3v) is 4.58. The zero-order valence-corrected chi connectivity index (χ0v) is 19.8. The molecule has 1 aliphatic rings. The van der Waals surface area contributed by atoms with Crippen molar-refractivity contribution in [1.82, 2.24) is 15.5 Å². The van der Waals surface area contributed by atoms with Crippen LogP contribution in [0, 0.1) is 0 Å². The first kappa shape index (κ1) is 26.9. The lowest BCUT2D eigenvalue weighted by atomic mass is 10.1. The average molecular weight is 544 g/mol. The maximum atomic E-state index is 12.7. The number of alkyl halides is 3. The zero-order chi connectivity index (χ0) is 21.1.